The molecule has 1 aliphatic rings. The van der Waals surface area contributed by atoms with E-state index in [1.165, 1.54) is 12.1 Å². The summed E-state index contributed by atoms with van der Waals surface area (Å²) in [5, 5.41) is 11.0. The second-order valence-corrected chi connectivity index (χ2v) is 6.61. The van der Waals surface area contributed by atoms with Crippen LogP contribution in [0.1, 0.15) is 20.8 Å². The number of anilines is 1. The molecule has 1 aromatic heterocycles. The molecule has 23 heavy (non-hydrogen) atoms. The number of piperazine rings is 1. The van der Waals surface area contributed by atoms with E-state index in [9.17, 15) is 14.9 Å². The molecule has 2 heterocycles. The first kappa shape index (κ1) is 17.3. The average molecular weight is 343 g/mol. The van der Waals surface area contributed by atoms with Crippen molar-refractivity contribution < 1.29 is 14.5 Å². The van der Waals surface area contributed by atoms with Gasteiger partial charge in [-0.05, 0) is 20.8 Å². The Hall–Kier alpha value is -2.09. The molecule has 1 fully saturated rings. The van der Waals surface area contributed by atoms with Crippen molar-refractivity contribution in [1.29, 1.82) is 0 Å². The number of nitro groups is 1. The maximum atomic E-state index is 12.0. The topological polar surface area (TPSA) is 88.8 Å². The van der Waals surface area contributed by atoms with Crippen molar-refractivity contribution in [3.8, 4) is 0 Å². The fourth-order valence-electron chi connectivity index (χ4n) is 2.18. The van der Waals surface area contributed by atoms with Gasteiger partial charge in [0.15, 0.2) is 0 Å². The zero-order valence-corrected chi connectivity index (χ0v) is 14.0. The summed E-state index contributed by atoms with van der Waals surface area (Å²) < 4.78 is 5.33. The largest absolute Gasteiger partial charge is 0.444 e. The summed E-state index contributed by atoms with van der Waals surface area (Å²) in [7, 11) is 0. The molecule has 9 heteroatoms. The van der Waals surface area contributed by atoms with Crippen molar-refractivity contribution in [3.05, 3.63) is 27.4 Å². The molecule has 1 aromatic rings. The van der Waals surface area contributed by atoms with Crippen LogP contribution in [0.2, 0.25) is 5.15 Å². The quantitative estimate of drug-likeness (QED) is 0.466. The first-order valence-corrected chi connectivity index (χ1v) is 7.58. The van der Waals surface area contributed by atoms with E-state index in [1.807, 2.05) is 25.7 Å². The summed E-state index contributed by atoms with van der Waals surface area (Å²) in [5.74, 6) is 0.438. The zero-order valence-electron chi connectivity index (χ0n) is 13.3. The van der Waals surface area contributed by atoms with Crippen molar-refractivity contribution in [2.75, 3.05) is 31.1 Å². The number of amides is 1. The Bertz CT molecular complexity index is 609. The normalized spacial score (nSPS) is 15.5. The lowest BCUT2D eigenvalue weighted by atomic mass is 10.2. The van der Waals surface area contributed by atoms with E-state index in [0.29, 0.717) is 32.0 Å². The smallest absolute Gasteiger partial charge is 0.410 e. The van der Waals surface area contributed by atoms with E-state index in [4.69, 9.17) is 16.3 Å². The lowest BCUT2D eigenvalue weighted by Crippen LogP contribution is -2.50. The maximum absolute atomic E-state index is 12.0. The summed E-state index contributed by atoms with van der Waals surface area (Å²) in [6, 6.07) is 2.59. The molecule has 0 saturated carbocycles. The monoisotopic (exact) mass is 342 g/mol. The molecule has 0 N–H and O–H groups in total. The highest BCUT2D eigenvalue weighted by Gasteiger charge is 2.27. The van der Waals surface area contributed by atoms with E-state index < -0.39 is 10.5 Å². The summed E-state index contributed by atoms with van der Waals surface area (Å²) in [6.07, 6.45) is -0.359. The number of hydrogen-bond donors (Lipinski definition) is 0. The Balaban J connectivity index is 2.02. The van der Waals surface area contributed by atoms with E-state index in [2.05, 4.69) is 4.98 Å². The summed E-state index contributed by atoms with van der Waals surface area (Å²) in [6.45, 7) is 7.36. The van der Waals surface area contributed by atoms with Crippen molar-refractivity contribution in [3.63, 3.8) is 0 Å². The van der Waals surface area contributed by atoms with Gasteiger partial charge in [-0.15, -0.1) is 0 Å². The highest BCUT2D eigenvalue weighted by Crippen LogP contribution is 2.24. The third-order valence-electron chi connectivity index (χ3n) is 3.23. The van der Waals surface area contributed by atoms with Crippen LogP contribution in [0.4, 0.5) is 16.3 Å². The minimum atomic E-state index is -0.538. The van der Waals surface area contributed by atoms with Gasteiger partial charge in [-0.3, -0.25) is 10.1 Å². The molecule has 0 atom stereocenters. The Kier molecular flexibility index (Phi) is 4.93. The van der Waals surface area contributed by atoms with Gasteiger partial charge in [-0.25, -0.2) is 9.78 Å². The second-order valence-electron chi connectivity index (χ2n) is 6.22. The van der Waals surface area contributed by atoms with Gasteiger partial charge >= 0.3 is 6.09 Å². The van der Waals surface area contributed by atoms with Crippen molar-refractivity contribution in [1.82, 2.24) is 9.88 Å². The molecule has 1 aliphatic heterocycles. The van der Waals surface area contributed by atoms with Gasteiger partial charge in [0.1, 0.15) is 16.6 Å². The number of carbonyl (C=O) groups is 1. The van der Waals surface area contributed by atoms with Crippen LogP contribution in [0.15, 0.2) is 12.1 Å². The fraction of sp³-hybridized carbons (Fsp3) is 0.571. The van der Waals surface area contributed by atoms with Crippen molar-refractivity contribution in [2.45, 2.75) is 26.4 Å². The first-order valence-electron chi connectivity index (χ1n) is 7.20. The van der Waals surface area contributed by atoms with Crippen LogP contribution in [-0.4, -0.2) is 52.7 Å². The minimum absolute atomic E-state index is 0.0729. The van der Waals surface area contributed by atoms with Gasteiger partial charge in [0.25, 0.3) is 5.69 Å². The first-order chi connectivity index (χ1) is 10.7. The van der Waals surface area contributed by atoms with Gasteiger partial charge in [0, 0.05) is 26.2 Å². The molecule has 8 nitrogen and oxygen atoms in total. The van der Waals surface area contributed by atoms with Crippen LogP contribution in [0.5, 0.6) is 0 Å². The number of carbonyl (C=O) groups excluding carboxylic acids is 1. The minimum Gasteiger partial charge on any atom is -0.444 e. The molecular formula is C14H19ClN4O4. The van der Waals surface area contributed by atoms with Gasteiger partial charge in [0.05, 0.1) is 17.1 Å². The molecule has 0 aliphatic carbocycles. The van der Waals surface area contributed by atoms with Crippen molar-refractivity contribution >= 4 is 29.2 Å². The summed E-state index contributed by atoms with van der Waals surface area (Å²) in [4.78, 5) is 30.0. The second kappa shape index (κ2) is 6.57. The number of pyridine rings is 1. The van der Waals surface area contributed by atoms with Gasteiger partial charge in [-0.2, -0.15) is 0 Å². The predicted molar refractivity (Wildman–Crippen MR) is 85.9 cm³/mol. The van der Waals surface area contributed by atoms with Crippen LogP contribution in [0, 0.1) is 10.1 Å². The van der Waals surface area contributed by atoms with E-state index >= 15 is 0 Å². The standard InChI is InChI=1S/C14H19ClN4O4/c1-14(2,3)23-13(20)18-6-4-17(5-7-18)12-9-10(19(21)22)8-11(15)16-12/h8-9H,4-7H2,1-3H3. The average Bonchev–Trinajstić information content (AvgIpc) is 2.45. The molecule has 1 saturated heterocycles. The van der Waals surface area contributed by atoms with Crippen LogP contribution in [0.3, 0.4) is 0 Å². The van der Waals surface area contributed by atoms with E-state index in [1.54, 1.807) is 4.90 Å². The Morgan fingerprint density at radius 3 is 2.43 bits per heavy atom. The molecule has 0 radical (unpaired) electrons. The highest BCUT2D eigenvalue weighted by atomic mass is 35.5. The van der Waals surface area contributed by atoms with Crippen LogP contribution in [-0.2, 0) is 4.74 Å². The lowest BCUT2D eigenvalue weighted by Gasteiger charge is -2.36. The molecule has 0 aromatic carbocycles. The van der Waals surface area contributed by atoms with Gasteiger partial charge < -0.3 is 14.5 Å². The molecule has 1 amide bonds. The Morgan fingerprint density at radius 2 is 1.91 bits per heavy atom. The maximum Gasteiger partial charge on any atom is 0.410 e. The molecule has 0 unspecified atom stereocenters. The number of halogens is 1. The van der Waals surface area contributed by atoms with E-state index in [0.717, 1.165) is 0 Å². The molecule has 0 spiro atoms. The Labute approximate surface area is 139 Å². The number of nitrogens with zero attached hydrogens (tertiary/aromatic N) is 4. The SMILES string of the molecule is CC(C)(C)OC(=O)N1CCN(c2cc([N+](=O)[O-])cc(Cl)n2)CC1. The third kappa shape index (κ3) is 4.69. The lowest BCUT2D eigenvalue weighted by molar-refractivity contribution is -0.384. The predicted octanol–water partition coefficient (Wildman–Crippen LogP) is 2.70. The number of hydrogen-bond acceptors (Lipinski definition) is 6. The van der Waals surface area contributed by atoms with Crippen LogP contribution in [0.25, 0.3) is 0 Å². The van der Waals surface area contributed by atoms with E-state index in [-0.39, 0.29) is 16.9 Å². The fourth-order valence-corrected chi connectivity index (χ4v) is 2.38. The van der Waals surface area contributed by atoms with Crippen LogP contribution >= 0.6 is 11.6 Å². The zero-order chi connectivity index (χ0) is 17.2. The highest BCUT2D eigenvalue weighted by molar-refractivity contribution is 6.29. The molecule has 2 rings (SSSR count). The van der Waals surface area contributed by atoms with Gasteiger partial charge in [0.2, 0.25) is 0 Å². The third-order valence-corrected chi connectivity index (χ3v) is 3.43. The van der Waals surface area contributed by atoms with Crippen molar-refractivity contribution in [2.24, 2.45) is 0 Å². The van der Waals surface area contributed by atoms with Gasteiger partial charge in [-0.1, -0.05) is 11.6 Å². The molecule has 126 valence electrons. The summed E-state index contributed by atoms with van der Waals surface area (Å²) in [5.41, 5.74) is -0.641. The Morgan fingerprint density at radius 1 is 1.30 bits per heavy atom. The summed E-state index contributed by atoms with van der Waals surface area (Å²) >= 11 is 5.84. The molecule has 0 bridgehead atoms. The van der Waals surface area contributed by atoms with Crippen LogP contribution < -0.4 is 4.90 Å². The number of aromatic nitrogens is 1. The number of ether oxygens (including phenoxy) is 1. The number of rotatable bonds is 2. The molecular weight excluding hydrogens is 324 g/mol.